The van der Waals surface area contributed by atoms with Crippen LogP contribution in [-0.4, -0.2) is 43.6 Å². The van der Waals surface area contributed by atoms with Crippen LogP contribution in [0, 0.1) is 6.92 Å². The summed E-state index contributed by atoms with van der Waals surface area (Å²) in [6, 6.07) is 5.94. The molecule has 0 unspecified atom stereocenters. The number of hydrogen-bond donors (Lipinski definition) is 2. The minimum absolute atomic E-state index is 0.0435. The fraction of sp³-hybridized carbons (Fsp3) is 0.278. The van der Waals surface area contributed by atoms with Crippen LogP contribution in [0.3, 0.4) is 0 Å². The lowest BCUT2D eigenvalue weighted by atomic mass is 10.0. The van der Waals surface area contributed by atoms with E-state index in [9.17, 15) is 4.79 Å². The number of aromatic amines is 1. The van der Waals surface area contributed by atoms with Gasteiger partial charge >= 0.3 is 0 Å². The number of H-pyrrole nitrogens is 1. The molecule has 2 N–H and O–H groups in total. The Balaban J connectivity index is 1.76. The monoisotopic (exact) mass is 349 g/mol. The van der Waals surface area contributed by atoms with Crippen LogP contribution in [0.4, 0.5) is 11.5 Å². The summed E-state index contributed by atoms with van der Waals surface area (Å²) < 4.78 is 0. The quantitative estimate of drug-likeness (QED) is 0.753. The highest BCUT2D eigenvalue weighted by Gasteiger charge is 2.27. The molecule has 0 aliphatic carbocycles. The Labute approximate surface area is 150 Å². The fourth-order valence-corrected chi connectivity index (χ4v) is 3.19. The van der Waals surface area contributed by atoms with Gasteiger partial charge in [0.1, 0.15) is 17.8 Å². The first-order chi connectivity index (χ1) is 12.5. The molecule has 3 aromatic rings. The third-order valence-electron chi connectivity index (χ3n) is 4.37. The van der Waals surface area contributed by atoms with E-state index in [1.807, 2.05) is 39.0 Å². The average molecular weight is 349 g/mol. The van der Waals surface area contributed by atoms with E-state index in [4.69, 9.17) is 0 Å². The summed E-state index contributed by atoms with van der Waals surface area (Å²) in [7, 11) is 0. The number of aryl methyl sites for hydroxylation is 1. The number of hydrogen-bond acceptors (Lipinski definition) is 6. The summed E-state index contributed by atoms with van der Waals surface area (Å²) in [6.07, 6.45) is 3.26. The summed E-state index contributed by atoms with van der Waals surface area (Å²) in [4.78, 5) is 27.3. The maximum Gasteiger partial charge on any atom is 0.246 e. The lowest BCUT2D eigenvalue weighted by Crippen LogP contribution is -2.44. The molecule has 8 heteroatoms. The topological polar surface area (TPSA) is 99.7 Å². The van der Waals surface area contributed by atoms with Gasteiger partial charge in [-0.1, -0.05) is 6.07 Å². The van der Waals surface area contributed by atoms with Gasteiger partial charge in [0.25, 0.3) is 0 Å². The van der Waals surface area contributed by atoms with Crippen molar-refractivity contribution in [2.45, 2.75) is 26.8 Å². The molecule has 26 heavy (non-hydrogen) atoms. The second-order valence-electron chi connectivity index (χ2n) is 6.47. The van der Waals surface area contributed by atoms with Crippen LogP contribution >= 0.6 is 0 Å². The van der Waals surface area contributed by atoms with Gasteiger partial charge in [-0.25, -0.2) is 15.0 Å². The van der Waals surface area contributed by atoms with Crippen molar-refractivity contribution < 1.29 is 4.79 Å². The standard InChI is InChI=1S/C18H19N7O/c1-10(2)25-15-6-12(7-19-18(15)20-8-16(25)26)13-4-5-14(23-11(13)3)17-21-9-22-24-17/h4-7,9-10H,8H2,1-3H3,(H,19,20)(H,21,22,24). The van der Waals surface area contributed by atoms with Crippen molar-refractivity contribution in [2.75, 3.05) is 16.8 Å². The molecule has 1 aliphatic heterocycles. The Morgan fingerprint density at radius 2 is 2.08 bits per heavy atom. The number of anilines is 2. The third kappa shape index (κ3) is 2.69. The Morgan fingerprint density at radius 1 is 1.23 bits per heavy atom. The number of nitrogens with zero attached hydrogens (tertiary/aromatic N) is 5. The Hall–Kier alpha value is -3.29. The van der Waals surface area contributed by atoms with E-state index >= 15 is 0 Å². The molecule has 132 valence electrons. The number of nitrogens with one attached hydrogen (secondary N) is 2. The average Bonchev–Trinajstić information content (AvgIpc) is 3.15. The zero-order valence-corrected chi connectivity index (χ0v) is 14.8. The van der Waals surface area contributed by atoms with Crippen molar-refractivity contribution >= 4 is 17.4 Å². The van der Waals surface area contributed by atoms with E-state index in [0.29, 0.717) is 5.82 Å². The second-order valence-corrected chi connectivity index (χ2v) is 6.47. The smallest absolute Gasteiger partial charge is 0.246 e. The maximum absolute atomic E-state index is 12.3. The minimum atomic E-state index is 0.0435. The van der Waals surface area contributed by atoms with Crippen LogP contribution in [0.1, 0.15) is 19.5 Å². The summed E-state index contributed by atoms with van der Waals surface area (Å²) in [5, 5.41) is 9.75. The van der Waals surface area contributed by atoms with Crippen LogP contribution in [0.5, 0.6) is 0 Å². The molecular formula is C18H19N7O. The number of pyridine rings is 2. The number of rotatable bonds is 3. The van der Waals surface area contributed by atoms with Gasteiger partial charge in [0.2, 0.25) is 5.91 Å². The highest BCUT2D eigenvalue weighted by molar-refractivity contribution is 6.02. The SMILES string of the molecule is Cc1nc(-c2ncn[nH]2)ccc1-c1cnc2c(c1)N(C(C)C)C(=O)CN2. The van der Waals surface area contributed by atoms with Crippen molar-refractivity contribution in [1.29, 1.82) is 0 Å². The molecule has 3 aromatic heterocycles. The van der Waals surface area contributed by atoms with Crippen molar-refractivity contribution in [2.24, 2.45) is 0 Å². The molecule has 0 atom stereocenters. The molecule has 4 rings (SSSR count). The summed E-state index contributed by atoms with van der Waals surface area (Å²) >= 11 is 0. The van der Waals surface area contributed by atoms with Gasteiger partial charge in [-0.15, -0.1) is 0 Å². The van der Waals surface area contributed by atoms with Crippen LogP contribution in [0.2, 0.25) is 0 Å². The molecule has 0 aromatic carbocycles. The molecule has 0 saturated heterocycles. The molecule has 0 spiro atoms. The fourth-order valence-electron chi connectivity index (χ4n) is 3.19. The van der Waals surface area contributed by atoms with Crippen molar-refractivity contribution in [1.82, 2.24) is 25.1 Å². The number of aromatic nitrogens is 5. The Kier molecular flexibility index (Phi) is 3.87. The molecule has 1 aliphatic rings. The molecule has 0 radical (unpaired) electrons. The predicted molar refractivity (Wildman–Crippen MR) is 98.7 cm³/mol. The zero-order valence-electron chi connectivity index (χ0n) is 14.8. The van der Waals surface area contributed by atoms with Crippen LogP contribution in [-0.2, 0) is 4.79 Å². The van der Waals surface area contributed by atoms with Crippen LogP contribution < -0.4 is 10.2 Å². The lowest BCUT2D eigenvalue weighted by molar-refractivity contribution is -0.117. The maximum atomic E-state index is 12.3. The third-order valence-corrected chi connectivity index (χ3v) is 4.37. The molecule has 0 bridgehead atoms. The minimum Gasteiger partial charge on any atom is -0.359 e. The summed E-state index contributed by atoms with van der Waals surface area (Å²) in [6.45, 7) is 6.21. The highest BCUT2D eigenvalue weighted by Crippen LogP contribution is 2.34. The van der Waals surface area contributed by atoms with Crippen molar-refractivity contribution in [3.8, 4) is 22.6 Å². The Bertz CT molecular complexity index is 966. The molecular weight excluding hydrogens is 330 g/mol. The molecule has 0 fully saturated rings. The van der Waals surface area contributed by atoms with Gasteiger partial charge < -0.3 is 10.2 Å². The van der Waals surface area contributed by atoms with E-state index in [1.165, 1.54) is 6.33 Å². The van der Waals surface area contributed by atoms with Gasteiger partial charge in [-0.05, 0) is 32.9 Å². The first kappa shape index (κ1) is 16.2. The zero-order chi connectivity index (χ0) is 18.3. The van der Waals surface area contributed by atoms with Crippen LogP contribution in [0.15, 0.2) is 30.7 Å². The van der Waals surface area contributed by atoms with E-state index in [2.05, 4.69) is 30.5 Å². The van der Waals surface area contributed by atoms with E-state index < -0.39 is 0 Å². The first-order valence-electron chi connectivity index (χ1n) is 8.44. The number of carbonyl (C=O) groups is 1. The normalized spacial score (nSPS) is 13.7. The van der Waals surface area contributed by atoms with Gasteiger partial charge in [-0.2, -0.15) is 5.10 Å². The lowest BCUT2D eigenvalue weighted by Gasteiger charge is -2.32. The van der Waals surface area contributed by atoms with E-state index in [-0.39, 0.29) is 18.5 Å². The van der Waals surface area contributed by atoms with E-state index in [1.54, 1.807) is 11.1 Å². The largest absolute Gasteiger partial charge is 0.359 e. The number of carbonyl (C=O) groups excluding carboxylic acids is 1. The summed E-state index contributed by atoms with van der Waals surface area (Å²) in [5.41, 5.74) is 4.26. The van der Waals surface area contributed by atoms with Gasteiger partial charge in [0.15, 0.2) is 5.82 Å². The summed E-state index contributed by atoms with van der Waals surface area (Å²) in [5.74, 6) is 1.40. The molecule has 0 saturated carbocycles. The second kappa shape index (κ2) is 6.21. The van der Waals surface area contributed by atoms with Crippen molar-refractivity contribution in [3.05, 3.63) is 36.4 Å². The molecule has 4 heterocycles. The Morgan fingerprint density at radius 3 is 2.77 bits per heavy atom. The first-order valence-corrected chi connectivity index (χ1v) is 8.44. The van der Waals surface area contributed by atoms with Gasteiger partial charge in [0, 0.05) is 29.1 Å². The molecule has 1 amide bonds. The molecule has 8 nitrogen and oxygen atoms in total. The number of amides is 1. The van der Waals surface area contributed by atoms with Gasteiger partial charge in [0.05, 0.1) is 12.2 Å². The predicted octanol–water partition coefficient (Wildman–Crippen LogP) is 2.40. The van der Waals surface area contributed by atoms with E-state index in [0.717, 1.165) is 34.0 Å². The number of fused-ring (bicyclic) bond motifs is 1. The van der Waals surface area contributed by atoms with Crippen molar-refractivity contribution in [3.63, 3.8) is 0 Å². The van der Waals surface area contributed by atoms with Crippen LogP contribution in [0.25, 0.3) is 22.6 Å². The van der Waals surface area contributed by atoms with Gasteiger partial charge in [-0.3, -0.25) is 9.89 Å². The highest BCUT2D eigenvalue weighted by atomic mass is 16.2.